The van der Waals surface area contributed by atoms with Crippen molar-refractivity contribution in [3.05, 3.63) is 94.0 Å². The molecule has 0 saturated carbocycles. The Labute approximate surface area is 211 Å². The third kappa shape index (κ3) is 6.78. The molecule has 0 saturated heterocycles. The molecule has 0 radical (unpaired) electrons. The zero-order valence-corrected chi connectivity index (χ0v) is 21.9. The van der Waals surface area contributed by atoms with E-state index < -0.39 is 10.0 Å². The number of benzene rings is 3. The van der Waals surface area contributed by atoms with Crippen molar-refractivity contribution < 1.29 is 13.2 Å². The first kappa shape index (κ1) is 26.1. The summed E-state index contributed by atoms with van der Waals surface area (Å²) in [5.41, 5.74) is 4.48. The van der Waals surface area contributed by atoms with Gasteiger partial charge in [-0.05, 0) is 67.8 Å². The van der Waals surface area contributed by atoms with Crippen LogP contribution >= 0.6 is 23.4 Å². The standard InChI is InChI=1S/C26H29ClN2O3S2/c1-19-8-12-24(13-9-19)34(31,32)29(23-11-10-20(2)21(3)16-23)17-26(30)28-14-15-33-18-22-6-4-5-7-25(22)27/h4-13,16H,14-15,17-18H2,1-3H3,(H,28,30). The molecule has 34 heavy (non-hydrogen) atoms. The van der Waals surface area contributed by atoms with Gasteiger partial charge in [-0.15, -0.1) is 0 Å². The second-order valence-electron chi connectivity index (χ2n) is 8.09. The molecular formula is C26H29ClN2O3S2. The summed E-state index contributed by atoms with van der Waals surface area (Å²) in [6, 6.07) is 19.7. The molecule has 1 amide bonds. The molecule has 0 aliphatic heterocycles. The van der Waals surface area contributed by atoms with Crippen LogP contribution in [0.15, 0.2) is 71.6 Å². The van der Waals surface area contributed by atoms with Crippen LogP contribution in [0.4, 0.5) is 5.69 Å². The van der Waals surface area contributed by atoms with Crippen LogP contribution in [-0.2, 0) is 20.6 Å². The summed E-state index contributed by atoms with van der Waals surface area (Å²) in [6.07, 6.45) is 0. The second-order valence-corrected chi connectivity index (χ2v) is 11.5. The van der Waals surface area contributed by atoms with E-state index in [2.05, 4.69) is 5.32 Å². The Morgan fingerprint density at radius 2 is 1.68 bits per heavy atom. The Morgan fingerprint density at radius 3 is 2.35 bits per heavy atom. The normalized spacial score (nSPS) is 11.3. The first-order valence-electron chi connectivity index (χ1n) is 10.9. The van der Waals surface area contributed by atoms with Crippen LogP contribution in [0.1, 0.15) is 22.3 Å². The van der Waals surface area contributed by atoms with E-state index in [-0.39, 0.29) is 17.3 Å². The number of rotatable bonds is 10. The zero-order chi connectivity index (χ0) is 24.7. The molecule has 0 aliphatic rings. The Kier molecular flexibility index (Phi) is 9.05. The lowest BCUT2D eigenvalue weighted by atomic mass is 10.1. The highest BCUT2D eigenvalue weighted by atomic mass is 35.5. The number of hydrogen-bond acceptors (Lipinski definition) is 4. The van der Waals surface area contributed by atoms with E-state index in [0.717, 1.165) is 33.0 Å². The minimum Gasteiger partial charge on any atom is -0.354 e. The van der Waals surface area contributed by atoms with E-state index >= 15 is 0 Å². The Balaban J connectivity index is 1.68. The van der Waals surface area contributed by atoms with Gasteiger partial charge in [0, 0.05) is 23.1 Å². The monoisotopic (exact) mass is 516 g/mol. The van der Waals surface area contributed by atoms with Crippen LogP contribution in [0.3, 0.4) is 0 Å². The lowest BCUT2D eigenvalue weighted by Gasteiger charge is -2.25. The van der Waals surface area contributed by atoms with Gasteiger partial charge < -0.3 is 5.32 Å². The van der Waals surface area contributed by atoms with E-state index in [1.54, 1.807) is 48.2 Å². The first-order valence-corrected chi connectivity index (χ1v) is 13.9. The van der Waals surface area contributed by atoms with Crippen LogP contribution in [0.2, 0.25) is 5.02 Å². The number of anilines is 1. The van der Waals surface area contributed by atoms with Gasteiger partial charge >= 0.3 is 0 Å². The molecule has 0 aromatic heterocycles. The number of sulfonamides is 1. The van der Waals surface area contributed by atoms with Crippen molar-refractivity contribution in [2.75, 3.05) is 23.1 Å². The Hall–Kier alpha value is -2.48. The third-order valence-electron chi connectivity index (χ3n) is 5.46. The SMILES string of the molecule is Cc1ccc(S(=O)(=O)N(CC(=O)NCCSCc2ccccc2Cl)c2ccc(C)c(C)c2)cc1. The van der Waals surface area contributed by atoms with Gasteiger partial charge in [-0.3, -0.25) is 9.10 Å². The summed E-state index contributed by atoms with van der Waals surface area (Å²) in [5, 5.41) is 3.57. The maximum atomic E-state index is 13.5. The first-order chi connectivity index (χ1) is 16.2. The molecule has 0 spiro atoms. The van der Waals surface area contributed by atoms with Gasteiger partial charge in [0.15, 0.2) is 0 Å². The summed E-state index contributed by atoms with van der Waals surface area (Å²) in [4.78, 5) is 12.9. The van der Waals surface area contributed by atoms with Crippen LogP contribution in [0, 0.1) is 20.8 Å². The molecule has 0 bridgehead atoms. The van der Waals surface area contributed by atoms with Crippen LogP contribution in [0.5, 0.6) is 0 Å². The number of amides is 1. The summed E-state index contributed by atoms with van der Waals surface area (Å²) in [7, 11) is -3.92. The lowest BCUT2D eigenvalue weighted by Crippen LogP contribution is -2.41. The summed E-state index contributed by atoms with van der Waals surface area (Å²) >= 11 is 7.83. The van der Waals surface area contributed by atoms with Crippen LogP contribution in [-0.4, -0.2) is 33.2 Å². The number of carbonyl (C=O) groups is 1. The van der Waals surface area contributed by atoms with Crippen molar-refractivity contribution in [3.8, 4) is 0 Å². The number of nitrogens with one attached hydrogen (secondary N) is 1. The van der Waals surface area contributed by atoms with E-state index in [1.807, 2.05) is 51.1 Å². The van der Waals surface area contributed by atoms with Crippen molar-refractivity contribution in [1.82, 2.24) is 5.32 Å². The van der Waals surface area contributed by atoms with Crippen molar-refractivity contribution in [1.29, 1.82) is 0 Å². The van der Waals surface area contributed by atoms with Crippen molar-refractivity contribution in [2.24, 2.45) is 0 Å². The number of aryl methyl sites for hydroxylation is 3. The number of halogens is 1. The summed E-state index contributed by atoms with van der Waals surface area (Å²) in [5.74, 6) is 1.07. The molecule has 8 heteroatoms. The molecule has 0 heterocycles. The summed E-state index contributed by atoms with van der Waals surface area (Å²) < 4.78 is 28.1. The van der Waals surface area contributed by atoms with E-state index in [4.69, 9.17) is 11.6 Å². The third-order valence-corrected chi connectivity index (χ3v) is 8.62. The number of nitrogens with zero attached hydrogens (tertiary/aromatic N) is 1. The lowest BCUT2D eigenvalue weighted by molar-refractivity contribution is -0.119. The van der Waals surface area contributed by atoms with Crippen molar-refractivity contribution >= 4 is 45.0 Å². The van der Waals surface area contributed by atoms with Gasteiger partial charge in [0.25, 0.3) is 10.0 Å². The van der Waals surface area contributed by atoms with E-state index in [9.17, 15) is 13.2 Å². The molecule has 0 unspecified atom stereocenters. The van der Waals surface area contributed by atoms with Gasteiger partial charge in [0.05, 0.1) is 10.6 Å². The highest BCUT2D eigenvalue weighted by Crippen LogP contribution is 2.26. The van der Waals surface area contributed by atoms with Gasteiger partial charge in [-0.2, -0.15) is 11.8 Å². The molecule has 0 atom stereocenters. The fourth-order valence-corrected chi connectivity index (χ4v) is 5.84. The molecule has 5 nitrogen and oxygen atoms in total. The highest BCUT2D eigenvalue weighted by molar-refractivity contribution is 7.98. The number of thioether (sulfide) groups is 1. The fraction of sp³-hybridized carbons (Fsp3) is 0.269. The van der Waals surface area contributed by atoms with Gasteiger partial charge in [-0.25, -0.2) is 8.42 Å². The Morgan fingerprint density at radius 1 is 0.971 bits per heavy atom. The molecular weight excluding hydrogens is 488 g/mol. The molecule has 3 rings (SSSR count). The average Bonchev–Trinajstić information content (AvgIpc) is 2.80. The van der Waals surface area contributed by atoms with Crippen LogP contribution in [0.25, 0.3) is 0 Å². The minimum atomic E-state index is -3.92. The van der Waals surface area contributed by atoms with Crippen molar-refractivity contribution in [3.63, 3.8) is 0 Å². The largest absolute Gasteiger partial charge is 0.354 e. The van der Waals surface area contributed by atoms with E-state index in [0.29, 0.717) is 18.0 Å². The number of carbonyl (C=O) groups excluding carboxylic acids is 1. The van der Waals surface area contributed by atoms with Crippen LogP contribution < -0.4 is 9.62 Å². The smallest absolute Gasteiger partial charge is 0.264 e. The molecule has 0 aliphatic carbocycles. The molecule has 180 valence electrons. The predicted molar refractivity (Wildman–Crippen MR) is 142 cm³/mol. The van der Waals surface area contributed by atoms with Gasteiger partial charge in [0.2, 0.25) is 5.91 Å². The quantitative estimate of drug-likeness (QED) is 0.361. The van der Waals surface area contributed by atoms with Gasteiger partial charge in [-0.1, -0.05) is 53.6 Å². The highest BCUT2D eigenvalue weighted by Gasteiger charge is 2.27. The van der Waals surface area contributed by atoms with Crippen molar-refractivity contribution in [2.45, 2.75) is 31.4 Å². The molecule has 1 N–H and O–H groups in total. The molecule has 3 aromatic carbocycles. The molecule has 0 fully saturated rings. The molecule has 3 aromatic rings. The second kappa shape index (κ2) is 11.8. The minimum absolute atomic E-state index is 0.152. The zero-order valence-electron chi connectivity index (χ0n) is 19.5. The number of hydrogen-bond donors (Lipinski definition) is 1. The topological polar surface area (TPSA) is 66.5 Å². The Bertz CT molecular complexity index is 1250. The predicted octanol–water partition coefficient (Wildman–Crippen LogP) is 5.51. The van der Waals surface area contributed by atoms with Gasteiger partial charge in [0.1, 0.15) is 6.54 Å². The summed E-state index contributed by atoms with van der Waals surface area (Å²) in [6.45, 7) is 5.92. The van der Waals surface area contributed by atoms with E-state index in [1.165, 1.54) is 4.31 Å². The average molecular weight is 517 g/mol. The fourth-order valence-electron chi connectivity index (χ4n) is 3.28. The maximum absolute atomic E-state index is 13.5. The maximum Gasteiger partial charge on any atom is 0.264 e.